The van der Waals surface area contributed by atoms with Crippen LogP contribution in [0.25, 0.3) is 5.65 Å². The fourth-order valence-electron chi connectivity index (χ4n) is 4.06. The number of fused-ring (bicyclic) bond motifs is 1. The Morgan fingerprint density at radius 1 is 1.39 bits per heavy atom. The van der Waals surface area contributed by atoms with E-state index in [1.807, 2.05) is 24.8 Å². The minimum Gasteiger partial charge on any atom is -0.361 e. The van der Waals surface area contributed by atoms with E-state index in [9.17, 15) is 9.59 Å². The summed E-state index contributed by atoms with van der Waals surface area (Å²) in [6.45, 7) is 4.54. The number of hydrogen-bond acceptors (Lipinski definition) is 5. The van der Waals surface area contributed by atoms with Crippen LogP contribution in [-0.4, -0.2) is 37.1 Å². The number of likely N-dealkylation sites (tertiary alicyclic amines) is 1. The SMILES string of the molecule is CCc1c(C)nc2cc(C3CCCCN3C(=O)CCc3ccno3)[nH]n2c1=O. The van der Waals surface area contributed by atoms with Gasteiger partial charge in [0.05, 0.1) is 17.9 Å². The highest BCUT2D eigenvalue weighted by atomic mass is 16.5. The van der Waals surface area contributed by atoms with Crippen molar-refractivity contribution in [3.05, 3.63) is 51.4 Å². The number of aryl methyl sites for hydroxylation is 2. The number of H-pyrrole nitrogens is 1. The van der Waals surface area contributed by atoms with Crippen molar-refractivity contribution in [1.82, 2.24) is 24.7 Å². The van der Waals surface area contributed by atoms with Crippen LogP contribution in [0.15, 0.2) is 27.6 Å². The third-order valence-corrected chi connectivity index (χ3v) is 5.55. The van der Waals surface area contributed by atoms with Gasteiger partial charge in [-0.3, -0.25) is 14.7 Å². The molecule has 0 saturated carbocycles. The van der Waals surface area contributed by atoms with E-state index in [-0.39, 0.29) is 17.5 Å². The van der Waals surface area contributed by atoms with Crippen LogP contribution >= 0.6 is 0 Å². The lowest BCUT2D eigenvalue weighted by molar-refractivity contribution is -0.135. The Labute approximate surface area is 162 Å². The molecule has 1 atom stereocenters. The Morgan fingerprint density at radius 2 is 2.25 bits per heavy atom. The van der Waals surface area contributed by atoms with Crippen molar-refractivity contribution in [2.45, 2.75) is 58.4 Å². The minimum atomic E-state index is -0.0672. The Morgan fingerprint density at radius 3 is 3.00 bits per heavy atom. The minimum absolute atomic E-state index is 0.0599. The molecule has 1 saturated heterocycles. The van der Waals surface area contributed by atoms with Gasteiger partial charge in [-0.15, -0.1) is 0 Å². The van der Waals surface area contributed by atoms with Gasteiger partial charge in [0.15, 0.2) is 5.65 Å². The number of piperidine rings is 1. The molecule has 1 fully saturated rings. The highest BCUT2D eigenvalue weighted by Gasteiger charge is 2.29. The summed E-state index contributed by atoms with van der Waals surface area (Å²) in [6, 6.07) is 3.62. The third kappa shape index (κ3) is 3.34. The first-order valence-electron chi connectivity index (χ1n) is 9.88. The number of carbonyl (C=O) groups excluding carboxylic acids is 1. The number of aromatic nitrogens is 4. The molecule has 28 heavy (non-hydrogen) atoms. The lowest BCUT2D eigenvalue weighted by Crippen LogP contribution is -2.38. The average molecular weight is 383 g/mol. The van der Waals surface area contributed by atoms with E-state index < -0.39 is 0 Å². The molecule has 0 radical (unpaired) electrons. The second-order valence-electron chi connectivity index (χ2n) is 7.32. The number of carbonyl (C=O) groups is 1. The topological polar surface area (TPSA) is 96.5 Å². The first-order chi connectivity index (χ1) is 13.6. The number of nitrogens with zero attached hydrogens (tertiary/aromatic N) is 4. The molecule has 3 aromatic heterocycles. The molecule has 4 heterocycles. The molecule has 1 aliphatic heterocycles. The highest BCUT2D eigenvalue weighted by molar-refractivity contribution is 5.77. The Kier molecular flexibility index (Phi) is 5.02. The Balaban J connectivity index is 1.61. The van der Waals surface area contributed by atoms with Crippen molar-refractivity contribution in [1.29, 1.82) is 0 Å². The maximum Gasteiger partial charge on any atom is 0.276 e. The van der Waals surface area contributed by atoms with Crippen LogP contribution in [0.1, 0.15) is 61.4 Å². The van der Waals surface area contributed by atoms with Crippen LogP contribution in [0.5, 0.6) is 0 Å². The van der Waals surface area contributed by atoms with Gasteiger partial charge in [0.1, 0.15) is 5.76 Å². The zero-order chi connectivity index (χ0) is 19.7. The molecule has 1 aliphatic rings. The fraction of sp³-hybridized carbons (Fsp3) is 0.500. The normalized spacial score (nSPS) is 17.4. The molecule has 1 amide bonds. The van der Waals surface area contributed by atoms with E-state index in [0.29, 0.717) is 30.7 Å². The van der Waals surface area contributed by atoms with Crippen LogP contribution in [0.3, 0.4) is 0 Å². The van der Waals surface area contributed by atoms with Gasteiger partial charge >= 0.3 is 0 Å². The number of amides is 1. The lowest BCUT2D eigenvalue weighted by atomic mass is 9.98. The maximum atomic E-state index is 12.9. The smallest absolute Gasteiger partial charge is 0.276 e. The zero-order valence-corrected chi connectivity index (χ0v) is 16.3. The summed E-state index contributed by atoms with van der Waals surface area (Å²) in [5.41, 5.74) is 2.89. The monoisotopic (exact) mass is 383 g/mol. The summed E-state index contributed by atoms with van der Waals surface area (Å²) >= 11 is 0. The highest BCUT2D eigenvalue weighted by Crippen LogP contribution is 2.31. The average Bonchev–Trinajstić information content (AvgIpc) is 3.36. The van der Waals surface area contributed by atoms with Gasteiger partial charge in [-0.25, -0.2) is 9.50 Å². The van der Waals surface area contributed by atoms with Crippen LogP contribution in [0, 0.1) is 6.92 Å². The van der Waals surface area contributed by atoms with Crippen molar-refractivity contribution in [2.75, 3.05) is 6.54 Å². The molecule has 0 bridgehead atoms. The summed E-state index contributed by atoms with van der Waals surface area (Å²) in [7, 11) is 0. The Bertz CT molecular complexity index is 1030. The van der Waals surface area contributed by atoms with Crippen LogP contribution < -0.4 is 5.56 Å². The van der Waals surface area contributed by atoms with Gasteiger partial charge in [-0.05, 0) is 32.6 Å². The summed E-state index contributed by atoms with van der Waals surface area (Å²) in [4.78, 5) is 32.1. The van der Waals surface area contributed by atoms with Gasteiger partial charge in [0, 0.05) is 42.8 Å². The molecule has 8 nitrogen and oxygen atoms in total. The summed E-state index contributed by atoms with van der Waals surface area (Å²) < 4.78 is 6.60. The summed E-state index contributed by atoms with van der Waals surface area (Å²) in [5, 5.41) is 6.89. The second-order valence-corrected chi connectivity index (χ2v) is 7.32. The van der Waals surface area contributed by atoms with Crippen LogP contribution in [0.4, 0.5) is 0 Å². The molecule has 0 spiro atoms. The van der Waals surface area contributed by atoms with Gasteiger partial charge in [-0.2, -0.15) is 0 Å². The van der Waals surface area contributed by atoms with Crippen molar-refractivity contribution in [3.63, 3.8) is 0 Å². The molecular formula is C20H25N5O3. The van der Waals surface area contributed by atoms with Gasteiger partial charge in [-0.1, -0.05) is 12.1 Å². The summed E-state index contributed by atoms with van der Waals surface area (Å²) in [5.74, 6) is 0.802. The predicted molar refractivity (Wildman–Crippen MR) is 103 cm³/mol. The fourth-order valence-corrected chi connectivity index (χ4v) is 4.06. The van der Waals surface area contributed by atoms with E-state index in [1.54, 1.807) is 12.3 Å². The van der Waals surface area contributed by atoms with Crippen LogP contribution in [-0.2, 0) is 17.6 Å². The Hall–Kier alpha value is -2.90. The van der Waals surface area contributed by atoms with Crippen molar-refractivity contribution in [2.24, 2.45) is 0 Å². The molecule has 8 heteroatoms. The van der Waals surface area contributed by atoms with Crippen molar-refractivity contribution >= 4 is 11.6 Å². The molecule has 0 aromatic carbocycles. The second kappa shape index (κ2) is 7.61. The number of rotatable bonds is 5. The van der Waals surface area contributed by atoms with Crippen LogP contribution in [0.2, 0.25) is 0 Å². The number of hydrogen-bond donors (Lipinski definition) is 1. The lowest BCUT2D eigenvalue weighted by Gasteiger charge is -2.35. The van der Waals surface area contributed by atoms with E-state index in [4.69, 9.17) is 4.52 Å². The number of aromatic amines is 1. The third-order valence-electron chi connectivity index (χ3n) is 5.55. The molecule has 1 unspecified atom stereocenters. The molecular weight excluding hydrogens is 358 g/mol. The van der Waals surface area contributed by atoms with Gasteiger partial charge < -0.3 is 9.42 Å². The maximum absolute atomic E-state index is 12.9. The summed E-state index contributed by atoms with van der Waals surface area (Å²) in [6.07, 6.45) is 6.05. The van der Waals surface area contributed by atoms with Crippen molar-refractivity contribution in [3.8, 4) is 0 Å². The standard InChI is InChI=1S/C20H25N5O3/c1-3-15-13(2)22-18-12-16(23-25(18)20(15)27)17-6-4-5-11-24(17)19(26)8-7-14-9-10-21-28-14/h9-10,12,17,23H,3-8,11H2,1-2H3. The van der Waals surface area contributed by atoms with Gasteiger partial charge in [0.25, 0.3) is 5.56 Å². The van der Waals surface area contributed by atoms with Gasteiger partial charge in [0.2, 0.25) is 5.91 Å². The van der Waals surface area contributed by atoms with E-state index in [2.05, 4.69) is 15.2 Å². The van der Waals surface area contributed by atoms with E-state index >= 15 is 0 Å². The molecule has 4 rings (SSSR count). The first kappa shape index (κ1) is 18.5. The largest absolute Gasteiger partial charge is 0.361 e. The first-order valence-corrected chi connectivity index (χ1v) is 9.88. The quantitative estimate of drug-likeness (QED) is 0.730. The molecule has 1 N–H and O–H groups in total. The van der Waals surface area contributed by atoms with E-state index in [1.165, 1.54) is 4.52 Å². The van der Waals surface area contributed by atoms with Crippen molar-refractivity contribution < 1.29 is 9.32 Å². The zero-order valence-electron chi connectivity index (χ0n) is 16.3. The molecule has 3 aromatic rings. The molecule has 0 aliphatic carbocycles. The number of nitrogens with one attached hydrogen (secondary N) is 1. The predicted octanol–water partition coefficient (Wildman–Crippen LogP) is 2.57. The van der Waals surface area contributed by atoms with E-state index in [0.717, 1.165) is 42.8 Å². The molecule has 148 valence electrons.